The van der Waals surface area contributed by atoms with Gasteiger partial charge in [-0.05, 0) is 18.6 Å². The van der Waals surface area contributed by atoms with Crippen molar-refractivity contribution in [3.63, 3.8) is 0 Å². The molecule has 9 heteroatoms. The van der Waals surface area contributed by atoms with Crippen LogP contribution in [0, 0.1) is 0 Å². The maximum absolute atomic E-state index is 11.7. The minimum Gasteiger partial charge on any atom is -0.480 e. The molecule has 0 saturated heterocycles. The lowest BCUT2D eigenvalue weighted by Gasteiger charge is -2.13. The minimum atomic E-state index is -3.28. The van der Waals surface area contributed by atoms with Crippen molar-refractivity contribution in [3.8, 4) is 0 Å². The highest BCUT2D eigenvalue weighted by Gasteiger charge is 2.22. The Bertz CT molecular complexity index is 580. The number of nitrogens with one attached hydrogen (secondary N) is 1. The second-order valence-electron chi connectivity index (χ2n) is 3.89. The Balaban J connectivity index is 2.68. The second-order valence-corrected chi connectivity index (χ2v) is 7.86. The average molecular weight is 326 g/mol. The van der Waals surface area contributed by atoms with Crippen molar-refractivity contribution < 1.29 is 23.1 Å². The van der Waals surface area contributed by atoms with Crippen LogP contribution in [0.2, 0.25) is 4.34 Å². The van der Waals surface area contributed by atoms with Crippen LogP contribution in [0.5, 0.6) is 0 Å². The molecule has 6 nitrogen and oxygen atoms in total. The van der Waals surface area contributed by atoms with Crippen molar-refractivity contribution in [1.82, 2.24) is 5.32 Å². The largest absolute Gasteiger partial charge is 0.480 e. The number of hydrogen-bond acceptors (Lipinski definition) is 5. The summed E-state index contributed by atoms with van der Waals surface area (Å²) in [4.78, 5) is 23.0. The molecule has 0 bridgehead atoms. The molecule has 0 aliphatic carbocycles. The van der Waals surface area contributed by atoms with Crippen LogP contribution in [0.4, 0.5) is 0 Å². The molecule has 1 unspecified atom stereocenters. The van der Waals surface area contributed by atoms with Gasteiger partial charge < -0.3 is 10.4 Å². The molecular weight excluding hydrogens is 314 g/mol. The minimum absolute atomic E-state index is 0.182. The van der Waals surface area contributed by atoms with Gasteiger partial charge in [0.15, 0.2) is 0 Å². The number of sulfone groups is 1. The van der Waals surface area contributed by atoms with E-state index >= 15 is 0 Å². The first-order valence-electron chi connectivity index (χ1n) is 5.16. The number of carboxylic acids is 1. The normalized spacial score (nSPS) is 12.9. The third-order valence-electron chi connectivity index (χ3n) is 2.18. The fourth-order valence-corrected chi connectivity index (χ4v) is 2.87. The Kier molecular flexibility index (Phi) is 5.33. The van der Waals surface area contributed by atoms with Gasteiger partial charge in [0.05, 0.1) is 15.0 Å². The average Bonchev–Trinajstić information content (AvgIpc) is 2.69. The third-order valence-corrected chi connectivity index (χ3v) is 4.38. The molecule has 106 valence electrons. The van der Waals surface area contributed by atoms with Crippen LogP contribution in [0.3, 0.4) is 0 Å². The Hall–Kier alpha value is -1.12. The van der Waals surface area contributed by atoms with E-state index in [-0.39, 0.29) is 17.1 Å². The molecule has 0 aliphatic heterocycles. The highest BCUT2D eigenvalue weighted by atomic mass is 35.5. The third kappa shape index (κ3) is 5.58. The van der Waals surface area contributed by atoms with Gasteiger partial charge in [0.2, 0.25) is 0 Å². The number of aliphatic carboxylic acids is 1. The Morgan fingerprint density at radius 3 is 2.53 bits per heavy atom. The topological polar surface area (TPSA) is 101 Å². The molecule has 1 aromatic heterocycles. The van der Waals surface area contributed by atoms with Crippen molar-refractivity contribution >= 4 is 44.7 Å². The summed E-state index contributed by atoms with van der Waals surface area (Å²) >= 11 is 6.68. The van der Waals surface area contributed by atoms with Crippen LogP contribution in [-0.2, 0) is 14.6 Å². The predicted octanol–water partition coefficient (Wildman–Crippen LogP) is 1.02. The monoisotopic (exact) mass is 325 g/mol. The van der Waals surface area contributed by atoms with E-state index in [4.69, 9.17) is 16.7 Å². The van der Waals surface area contributed by atoms with Crippen LogP contribution in [0.15, 0.2) is 12.1 Å². The van der Waals surface area contributed by atoms with E-state index < -0.39 is 27.8 Å². The van der Waals surface area contributed by atoms with Crippen molar-refractivity contribution in [3.05, 3.63) is 21.3 Å². The Morgan fingerprint density at radius 1 is 1.47 bits per heavy atom. The summed E-state index contributed by atoms with van der Waals surface area (Å²) < 4.78 is 22.4. The van der Waals surface area contributed by atoms with E-state index in [1.807, 2.05) is 0 Å². The molecule has 1 rings (SSSR count). The number of amides is 1. The van der Waals surface area contributed by atoms with E-state index in [2.05, 4.69) is 5.32 Å². The summed E-state index contributed by atoms with van der Waals surface area (Å²) in [6.07, 6.45) is 0.825. The standard InChI is InChI=1S/C10H12ClNO5S2/c1-19(16,17)5-4-6(10(14)15)12-9(13)7-2-3-8(11)18-7/h2-3,6H,4-5H2,1H3,(H,12,13)(H,14,15). The molecule has 1 amide bonds. The second kappa shape index (κ2) is 6.36. The van der Waals surface area contributed by atoms with E-state index in [0.29, 0.717) is 4.34 Å². The molecule has 19 heavy (non-hydrogen) atoms. The number of rotatable bonds is 6. The van der Waals surface area contributed by atoms with E-state index in [1.54, 1.807) is 0 Å². The fourth-order valence-electron chi connectivity index (χ4n) is 1.26. The lowest BCUT2D eigenvalue weighted by Crippen LogP contribution is -2.41. The van der Waals surface area contributed by atoms with Gasteiger partial charge in [-0.25, -0.2) is 13.2 Å². The van der Waals surface area contributed by atoms with Crippen molar-refractivity contribution in [1.29, 1.82) is 0 Å². The van der Waals surface area contributed by atoms with Gasteiger partial charge in [0, 0.05) is 6.26 Å². The highest BCUT2D eigenvalue weighted by molar-refractivity contribution is 7.90. The first kappa shape index (κ1) is 15.9. The van der Waals surface area contributed by atoms with Crippen LogP contribution in [-0.4, -0.2) is 43.5 Å². The molecule has 0 aliphatic rings. The lowest BCUT2D eigenvalue weighted by molar-refractivity contribution is -0.139. The Morgan fingerprint density at radius 2 is 2.11 bits per heavy atom. The molecule has 0 radical (unpaired) electrons. The molecule has 1 heterocycles. The fraction of sp³-hybridized carbons (Fsp3) is 0.400. The van der Waals surface area contributed by atoms with E-state index in [9.17, 15) is 18.0 Å². The van der Waals surface area contributed by atoms with Gasteiger partial charge in [-0.15, -0.1) is 11.3 Å². The van der Waals surface area contributed by atoms with Gasteiger partial charge in [-0.2, -0.15) is 0 Å². The summed E-state index contributed by atoms with van der Waals surface area (Å²) in [6, 6.07) is 1.74. The van der Waals surface area contributed by atoms with Gasteiger partial charge in [0.25, 0.3) is 5.91 Å². The smallest absolute Gasteiger partial charge is 0.326 e. The van der Waals surface area contributed by atoms with Gasteiger partial charge in [0.1, 0.15) is 15.9 Å². The zero-order valence-electron chi connectivity index (χ0n) is 9.92. The van der Waals surface area contributed by atoms with Gasteiger partial charge in [-0.3, -0.25) is 4.79 Å². The molecule has 1 atom stereocenters. The maximum atomic E-state index is 11.7. The van der Waals surface area contributed by atoms with Crippen molar-refractivity contribution in [2.45, 2.75) is 12.5 Å². The summed E-state index contributed by atoms with van der Waals surface area (Å²) in [6.45, 7) is 0. The van der Waals surface area contributed by atoms with E-state index in [1.165, 1.54) is 12.1 Å². The highest BCUT2D eigenvalue weighted by Crippen LogP contribution is 2.21. The molecule has 0 spiro atoms. The summed E-state index contributed by atoms with van der Waals surface area (Å²) in [7, 11) is -3.28. The number of carbonyl (C=O) groups is 2. The molecule has 2 N–H and O–H groups in total. The van der Waals surface area contributed by atoms with Crippen LogP contribution >= 0.6 is 22.9 Å². The molecule has 1 aromatic rings. The number of hydrogen-bond donors (Lipinski definition) is 2. The maximum Gasteiger partial charge on any atom is 0.326 e. The SMILES string of the molecule is CS(=O)(=O)CCC(NC(=O)c1ccc(Cl)s1)C(=O)O. The predicted molar refractivity (Wildman–Crippen MR) is 72.5 cm³/mol. The van der Waals surface area contributed by atoms with Gasteiger partial charge in [-0.1, -0.05) is 11.6 Å². The zero-order chi connectivity index (χ0) is 14.6. The first-order chi connectivity index (χ1) is 8.69. The number of carbonyl (C=O) groups excluding carboxylic acids is 1. The van der Waals surface area contributed by atoms with E-state index in [0.717, 1.165) is 17.6 Å². The zero-order valence-corrected chi connectivity index (χ0v) is 12.3. The van der Waals surface area contributed by atoms with Crippen molar-refractivity contribution in [2.75, 3.05) is 12.0 Å². The quantitative estimate of drug-likeness (QED) is 0.813. The summed E-state index contributed by atoms with van der Waals surface area (Å²) in [5.41, 5.74) is 0. The van der Waals surface area contributed by atoms with Crippen molar-refractivity contribution in [2.24, 2.45) is 0 Å². The van der Waals surface area contributed by atoms with Crippen LogP contribution < -0.4 is 5.32 Å². The summed E-state index contributed by atoms with van der Waals surface area (Å²) in [5, 5.41) is 11.2. The lowest BCUT2D eigenvalue weighted by atomic mass is 10.2. The van der Waals surface area contributed by atoms with Crippen LogP contribution in [0.1, 0.15) is 16.1 Å². The van der Waals surface area contributed by atoms with Gasteiger partial charge >= 0.3 is 5.97 Å². The first-order valence-corrected chi connectivity index (χ1v) is 8.41. The molecular formula is C10H12ClNO5S2. The molecule has 0 fully saturated rings. The van der Waals surface area contributed by atoms with Crippen LogP contribution in [0.25, 0.3) is 0 Å². The summed E-state index contributed by atoms with van der Waals surface area (Å²) in [5.74, 6) is -2.17. The Labute approximate surface area is 119 Å². The number of thiophene rings is 1. The number of halogens is 1. The number of carboxylic acid groups (broad SMARTS) is 1. The molecule has 0 aromatic carbocycles. The molecule has 0 saturated carbocycles.